The van der Waals surface area contributed by atoms with E-state index in [1.807, 2.05) is 0 Å². The average Bonchev–Trinajstić information content (AvgIpc) is 2.41. The molecular weight excluding hydrogens is 200 g/mol. The van der Waals surface area contributed by atoms with Gasteiger partial charge in [-0.1, -0.05) is 0 Å². The molecule has 15 heavy (non-hydrogen) atoms. The van der Waals surface area contributed by atoms with Gasteiger partial charge in [0.1, 0.15) is 18.0 Å². The molecule has 1 aromatic rings. The van der Waals surface area contributed by atoms with Gasteiger partial charge in [0.2, 0.25) is 5.91 Å². The molecule has 1 aliphatic heterocycles. The fourth-order valence-electron chi connectivity index (χ4n) is 1.54. The highest BCUT2D eigenvalue weighted by molar-refractivity contribution is 6.18. The van der Waals surface area contributed by atoms with Crippen LogP contribution in [-0.4, -0.2) is 27.0 Å². The Labute approximate surface area is 84.3 Å². The van der Waals surface area contributed by atoms with Crippen LogP contribution in [0.15, 0.2) is 6.33 Å². The van der Waals surface area contributed by atoms with E-state index in [9.17, 15) is 9.59 Å². The fraction of sp³-hybridized carbons (Fsp3) is 0.250. The average molecular weight is 208 g/mol. The van der Waals surface area contributed by atoms with Gasteiger partial charge in [0, 0.05) is 0 Å². The second-order valence-corrected chi connectivity index (χ2v) is 3.37. The van der Waals surface area contributed by atoms with E-state index in [0.29, 0.717) is 0 Å². The number of aliphatic carboxylic acids is 1. The molecule has 1 unspecified atom stereocenters. The summed E-state index contributed by atoms with van der Waals surface area (Å²) >= 11 is 0. The van der Waals surface area contributed by atoms with Crippen molar-refractivity contribution in [2.24, 2.45) is 0 Å². The number of anilines is 2. The summed E-state index contributed by atoms with van der Waals surface area (Å²) in [6, 6.07) is 0. The number of rotatable bonds is 1. The highest BCUT2D eigenvalue weighted by Crippen LogP contribution is 2.39. The van der Waals surface area contributed by atoms with Crippen LogP contribution >= 0.6 is 0 Å². The molecule has 0 fully saturated rings. The maximum absolute atomic E-state index is 11.5. The largest absolute Gasteiger partial charge is 0.480 e. The standard InChI is InChI=1S/C8H8N4O3/c1-8(7(14)15)3-4(9)10-2-11-5(3)12-6(8)13/h2H,1H3,(H,14,15)(H3,9,10,11,12,13). The molecule has 1 aliphatic rings. The lowest BCUT2D eigenvalue weighted by Gasteiger charge is -2.16. The lowest BCUT2D eigenvalue weighted by atomic mass is 9.85. The van der Waals surface area contributed by atoms with E-state index in [4.69, 9.17) is 10.8 Å². The molecule has 0 aliphatic carbocycles. The van der Waals surface area contributed by atoms with Crippen LogP contribution < -0.4 is 11.1 Å². The van der Waals surface area contributed by atoms with Crippen molar-refractivity contribution in [3.63, 3.8) is 0 Å². The predicted molar refractivity (Wildman–Crippen MR) is 50.1 cm³/mol. The summed E-state index contributed by atoms with van der Waals surface area (Å²) in [5.41, 5.74) is 3.96. The first-order valence-electron chi connectivity index (χ1n) is 4.13. The lowest BCUT2D eigenvalue weighted by Crippen LogP contribution is -2.39. The maximum atomic E-state index is 11.5. The number of amides is 1. The Bertz CT molecular complexity index is 473. The first-order chi connectivity index (χ1) is 6.98. The number of hydrogen-bond donors (Lipinski definition) is 3. The van der Waals surface area contributed by atoms with E-state index in [1.165, 1.54) is 13.3 Å². The maximum Gasteiger partial charge on any atom is 0.323 e. The molecule has 0 saturated heterocycles. The van der Waals surface area contributed by atoms with Crippen LogP contribution in [0, 0.1) is 0 Å². The Morgan fingerprint density at radius 1 is 1.60 bits per heavy atom. The quantitative estimate of drug-likeness (QED) is 0.528. The van der Waals surface area contributed by atoms with Gasteiger partial charge in [-0.2, -0.15) is 0 Å². The van der Waals surface area contributed by atoms with Crippen LogP contribution in [0.25, 0.3) is 0 Å². The minimum absolute atomic E-state index is 0.00301. The molecule has 0 radical (unpaired) electrons. The smallest absolute Gasteiger partial charge is 0.323 e. The molecule has 78 valence electrons. The number of carbonyl (C=O) groups is 2. The molecule has 2 heterocycles. The van der Waals surface area contributed by atoms with Crippen LogP contribution in [0.1, 0.15) is 12.5 Å². The molecule has 7 heteroatoms. The monoisotopic (exact) mass is 208 g/mol. The predicted octanol–water partition coefficient (Wildman–Crippen LogP) is -0.647. The van der Waals surface area contributed by atoms with Gasteiger partial charge < -0.3 is 16.2 Å². The number of nitrogens with one attached hydrogen (secondary N) is 1. The SMILES string of the molecule is CC1(C(=O)O)C(=O)Nc2ncnc(N)c21. The van der Waals surface area contributed by atoms with Crippen molar-refractivity contribution in [3.05, 3.63) is 11.9 Å². The molecule has 0 saturated carbocycles. The van der Waals surface area contributed by atoms with E-state index in [-0.39, 0.29) is 17.2 Å². The van der Waals surface area contributed by atoms with Crippen LogP contribution in [0.5, 0.6) is 0 Å². The summed E-state index contributed by atoms with van der Waals surface area (Å²) in [7, 11) is 0. The lowest BCUT2D eigenvalue weighted by molar-refractivity contribution is -0.146. The van der Waals surface area contributed by atoms with E-state index >= 15 is 0 Å². The number of nitrogens with zero attached hydrogens (tertiary/aromatic N) is 2. The summed E-state index contributed by atoms with van der Waals surface area (Å²) in [6.07, 6.45) is 1.17. The van der Waals surface area contributed by atoms with Gasteiger partial charge in [-0.3, -0.25) is 9.59 Å². The number of fused-ring (bicyclic) bond motifs is 1. The first-order valence-corrected chi connectivity index (χ1v) is 4.13. The van der Waals surface area contributed by atoms with Gasteiger partial charge in [-0.25, -0.2) is 9.97 Å². The fourth-order valence-corrected chi connectivity index (χ4v) is 1.54. The van der Waals surface area contributed by atoms with Crippen LogP contribution in [0.3, 0.4) is 0 Å². The zero-order valence-corrected chi connectivity index (χ0v) is 7.81. The van der Waals surface area contributed by atoms with Crippen LogP contribution in [0.2, 0.25) is 0 Å². The molecule has 7 nitrogen and oxygen atoms in total. The minimum Gasteiger partial charge on any atom is -0.480 e. The van der Waals surface area contributed by atoms with E-state index in [2.05, 4.69) is 15.3 Å². The Morgan fingerprint density at radius 2 is 2.27 bits per heavy atom. The van der Waals surface area contributed by atoms with Gasteiger partial charge in [-0.05, 0) is 6.92 Å². The molecule has 0 aromatic carbocycles. The van der Waals surface area contributed by atoms with Crippen molar-refractivity contribution in [1.29, 1.82) is 0 Å². The van der Waals surface area contributed by atoms with E-state index < -0.39 is 17.3 Å². The van der Waals surface area contributed by atoms with Crippen molar-refractivity contribution < 1.29 is 14.7 Å². The van der Waals surface area contributed by atoms with Crippen molar-refractivity contribution in [3.8, 4) is 0 Å². The number of carboxylic acids is 1. The third-order valence-corrected chi connectivity index (χ3v) is 2.49. The summed E-state index contributed by atoms with van der Waals surface area (Å²) in [5.74, 6) is -1.77. The van der Waals surface area contributed by atoms with Gasteiger partial charge in [0.25, 0.3) is 0 Å². The Balaban J connectivity index is 2.74. The molecule has 1 atom stereocenters. The molecule has 0 spiro atoms. The highest BCUT2D eigenvalue weighted by Gasteiger charge is 2.52. The van der Waals surface area contributed by atoms with Crippen molar-refractivity contribution in [2.75, 3.05) is 11.1 Å². The number of nitrogen functional groups attached to an aromatic ring is 1. The van der Waals surface area contributed by atoms with Crippen LogP contribution in [-0.2, 0) is 15.0 Å². The summed E-state index contributed by atoms with van der Waals surface area (Å²) < 4.78 is 0. The molecule has 4 N–H and O–H groups in total. The van der Waals surface area contributed by atoms with Crippen LogP contribution in [0.4, 0.5) is 11.6 Å². The summed E-state index contributed by atoms with van der Waals surface area (Å²) in [6.45, 7) is 1.27. The van der Waals surface area contributed by atoms with Crippen molar-refractivity contribution in [1.82, 2.24) is 9.97 Å². The molecule has 1 amide bonds. The number of nitrogens with two attached hydrogens (primary N) is 1. The normalized spacial score (nSPS) is 23.4. The van der Waals surface area contributed by atoms with Gasteiger partial charge in [0.15, 0.2) is 5.41 Å². The summed E-state index contributed by atoms with van der Waals surface area (Å²) in [5, 5.41) is 11.4. The summed E-state index contributed by atoms with van der Waals surface area (Å²) in [4.78, 5) is 30.0. The van der Waals surface area contributed by atoms with Gasteiger partial charge in [-0.15, -0.1) is 0 Å². The van der Waals surface area contributed by atoms with Gasteiger partial charge in [0.05, 0.1) is 5.56 Å². The number of hydrogen-bond acceptors (Lipinski definition) is 5. The zero-order valence-electron chi connectivity index (χ0n) is 7.81. The third kappa shape index (κ3) is 0.997. The van der Waals surface area contributed by atoms with Crippen molar-refractivity contribution in [2.45, 2.75) is 12.3 Å². The molecule has 2 rings (SSSR count). The number of carboxylic acid groups (broad SMARTS) is 1. The van der Waals surface area contributed by atoms with Gasteiger partial charge >= 0.3 is 5.97 Å². The van der Waals surface area contributed by atoms with Crippen molar-refractivity contribution >= 4 is 23.5 Å². The molecule has 0 bridgehead atoms. The minimum atomic E-state index is -1.71. The Kier molecular flexibility index (Phi) is 1.66. The highest BCUT2D eigenvalue weighted by atomic mass is 16.4. The molecule has 1 aromatic heterocycles. The second-order valence-electron chi connectivity index (χ2n) is 3.37. The number of aromatic nitrogens is 2. The Morgan fingerprint density at radius 3 is 2.87 bits per heavy atom. The van der Waals surface area contributed by atoms with E-state index in [0.717, 1.165) is 0 Å². The Hall–Kier alpha value is -2.18. The first kappa shape index (κ1) is 9.38. The second kappa shape index (κ2) is 2.66. The third-order valence-electron chi connectivity index (χ3n) is 2.49. The van der Waals surface area contributed by atoms with E-state index in [1.54, 1.807) is 0 Å². The topological polar surface area (TPSA) is 118 Å². The zero-order chi connectivity index (χ0) is 11.2. The number of carbonyl (C=O) groups excluding carboxylic acids is 1. The molecular formula is C8H8N4O3.